The van der Waals surface area contributed by atoms with Gasteiger partial charge in [0.25, 0.3) is 0 Å². The quantitative estimate of drug-likeness (QED) is 0.781. The number of carbonyl (C=O) groups excluding carboxylic acids is 1. The summed E-state index contributed by atoms with van der Waals surface area (Å²) in [7, 11) is 0. The first-order valence-corrected chi connectivity index (χ1v) is 5.36. The summed E-state index contributed by atoms with van der Waals surface area (Å²) in [4.78, 5) is 11.8. The molecular formula is C12H15NO3. The summed E-state index contributed by atoms with van der Waals surface area (Å²) in [5.41, 5.74) is 6.90. The highest BCUT2D eigenvalue weighted by Gasteiger charge is 2.19. The SMILES string of the molecule is Cc1c(C(=O)CCN)ccc2c1OCCO2. The van der Waals surface area contributed by atoms with Crippen molar-refractivity contribution in [3.05, 3.63) is 23.3 Å². The number of hydrogen-bond acceptors (Lipinski definition) is 4. The third kappa shape index (κ3) is 1.88. The third-order valence-corrected chi connectivity index (χ3v) is 2.63. The molecule has 0 radical (unpaired) electrons. The van der Waals surface area contributed by atoms with E-state index >= 15 is 0 Å². The zero-order chi connectivity index (χ0) is 11.5. The molecule has 86 valence electrons. The van der Waals surface area contributed by atoms with Crippen LogP contribution in [0.2, 0.25) is 0 Å². The molecule has 0 aliphatic carbocycles. The molecule has 4 nitrogen and oxygen atoms in total. The Kier molecular flexibility index (Phi) is 3.10. The third-order valence-electron chi connectivity index (χ3n) is 2.63. The number of benzene rings is 1. The van der Waals surface area contributed by atoms with Gasteiger partial charge in [0, 0.05) is 17.5 Å². The first-order chi connectivity index (χ1) is 7.74. The van der Waals surface area contributed by atoms with Gasteiger partial charge in [0.2, 0.25) is 0 Å². The van der Waals surface area contributed by atoms with E-state index in [1.807, 2.05) is 6.92 Å². The average Bonchev–Trinajstić information content (AvgIpc) is 2.30. The lowest BCUT2D eigenvalue weighted by Crippen LogP contribution is -2.17. The molecule has 1 aromatic carbocycles. The molecule has 1 aliphatic heterocycles. The summed E-state index contributed by atoms with van der Waals surface area (Å²) in [5.74, 6) is 1.46. The molecule has 0 amide bonds. The van der Waals surface area contributed by atoms with Crippen LogP contribution in [0.3, 0.4) is 0 Å². The Morgan fingerprint density at radius 3 is 2.88 bits per heavy atom. The zero-order valence-corrected chi connectivity index (χ0v) is 9.29. The van der Waals surface area contributed by atoms with Crippen LogP contribution in [0.5, 0.6) is 11.5 Å². The van der Waals surface area contributed by atoms with Gasteiger partial charge in [-0.3, -0.25) is 4.79 Å². The molecule has 4 heteroatoms. The van der Waals surface area contributed by atoms with E-state index in [0.717, 1.165) is 5.56 Å². The highest BCUT2D eigenvalue weighted by atomic mass is 16.6. The van der Waals surface area contributed by atoms with Gasteiger partial charge in [0.05, 0.1) is 0 Å². The molecule has 1 heterocycles. The minimum absolute atomic E-state index is 0.0528. The van der Waals surface area contributed by atoms with E-state index < -0.39 is 0 Å². The van der Waals surface area contributed by atoms with Crippen molar-refractivity contribution in [2.45, 2.75) is 13.3 Å². The fourth-order valence-electron chi connectivity index (χ4n) is 1.82. The molecule has 0 aromatic heterocycles. The van der Waals surface area contributed by atoms with Crippen LogP contribution < -0.4 is 15.2 Å². The molecule has 1 aromatic rings. The van der Waals surface area contributed by atoms with Crippen molar-refractivity contribution in [1.29, 1.82) is 0 Å². The maximum Gasteiger partial charge on any atom is 0.164 e. The largest absolute Gasteiger partial charge is 0.486 e. The lowest BCUT2D eigenvalue weighted by atomic mass is 10.0. The molecule has 0 unspecified atom stereocenters. The van der Waals surface area contributed by atoms with Crippen LogP contribution in [0.1, 0.15) is 22.3 Å². The van der Waals surface area contributed by atoms with Crippen LogP contribution in [-0.2, 0) is 0 Å². The lowest BCUT2D eigenvalue weighted by Gasteiger charge is -2.21. The smallest absolute Gasteiger partial charge is 0.164 e. The van der Waals surface area contributed by atoms with Crippen molar-refractivity contribution in [2.24, 2.45) is 5.73 Å². The Labute approximate surface area is 94.3 Å². The summed E-state index contributed by atoms with van der Waals surface area (Å²) >= 11 is 0. The molecule has 0 saturated heterocycles. The van der Waals surface area contributed by atoms with Crippen LogP contribution in [-0.4, -0.2) is 25.5 Å². The van der Waals surface area contributed by atoms with E-state index in [2.05, 4.69) is 0 Å². The van der Waals surface area contributed by atoms with Gasteiger partial charge in [0.1, 0.15) is 13.2 Å². The number of rotatable bonds is 3. The fourth-order valence-corrected chi connectivity index (χ4v) is 1.82. The first kappa shape index (κ1) is 11.0. The van der Waals surface area contributed by atoms with Crippen molar-refractivity contribution in [2.75, 3.05) is 19.8 Å². The maximum absolute atomic E-state index is 11.8. The van der Waals surface area contributed by atoms with E-state index in [1.165, 1.54) is 0 Å². The molecule has 2 rings (SSSR count). The molecule has 0 spiro atoms. The van der Waals surface area contributed by atoms with Gasteiger partial charge in [-0.15, -0.1) is 0 Å². The number of carbonyl (C=O) groups is 1. The second kappa shape index (κ2) is 4.53. The molecule has 2 N–H and O–H groups in total. The van der Waals surface area contributed by atoms with Gasteiger partial charge in [-0.25, -0.2) is 0 Å². The van der Waals surface area contributed by atoms with Gasteiger partial charge in [-0.1, -0.05) is 0 Å². The average molecular weight is 221 g/mol. The topological polar surface area (TPSA) is 61.6 Å². The van der Waals surface area contributed by atoms with Crippen LogP contribution in [0, 0.1) is 6.92 Å². The van der Waals surface area contributed by atoms with Crippen LogP contribution >= 0.6 is 0 Å². The summed E-state index contributed by atoms with van der Waals surface area (Å²) in [5, 5.41) is 0. The Bertz CT molecular complexity index is 415. The van der Waals surface area contributed by atoms with E-state index in [1.54, 1.807) is 12.1 Å². The van der Waals surface area contributed by atoms with Gasteiger partial charge in [-0.2, -0.15) is 0 Å². The van der Waals surface area contributed by atoms with Gasteiger partial charge >= 0.3 is 0 Å². The highest BCUT2D eigenvalue weighted by Crippen LogP contribution is 2.35. The second-order valence-electron chi connectivity index (χ2n) is 3.72. The first-order valence-electron chi connectivity index (χ1n) is 5.36. The predicted octanol–water partition coefficient (Wildman–Crippen LogP) is 1.30. The summed E-state index contributed by atoms with van der Waals surface area (Å²) in [6.07, 6.45) is 0.362. The molecule has 1 aliphatic rings. The number of nitrogens with two attached hydrogens (primary N) is 1. The minimum Gasteiger partial charge on any atom is -0.486 e. The van der Waals surface area contributed by atoms with Crippen molar-refractivity contribution in [1.82, 2.24) is 0 Å². The Morgan fingerprint density at radius 1 is 1.38 bits per heavy atom. The predicted molar refractivity (Wildman–Crippen MR) is 60.2 cm³/mol. The van der Waals surface area contributed by atoms with Gasteiger partial charge in [-0.05, 0) is 25.6 Å². The van der Waals surface area contributed by atoms with Crippen LogP contribution in [0.25, 0.3) is 0 Å². The fraction of sp³-hybridized carbons (Fsp3) is 0.417. The standard InChI is InChI=1S/C12H15NO3/c1-8-9(10(14)4-5-13)2-3-11-12(8)16-7-6-15-11/h2-3H,4-7,13H2,1H3. The number of ketones is 1. The summed E-state index contributed by atoms with van der Waals surface area (Å²) < 4.78 is 11.0. The van der Waals surface area contributed by atoms with Crippen LogP contribution in [0.15, 0.2) is 12.1 Å². The normalized spacial score (nSPS) is 13.6. The van der Waals surface area contributed by atoms with Crippen molar-refractivity contribution < 1.29 is 14.3 Å². The van der Waals surface area contributed by atoms with E-state index in [4.69, 9.17) is 15.2 Å². The van der Waals surface area contributed by atoms with E-state index in [-0.39, 0.29) is 5.78 Å². The Balaban J connectivity index is 2.37. The zero-order valence-electron chi connectivity index (χ0n) is 9.29. The molecule has 0 bridgehead atoms. The molecule has 0 saturated carbocycles. The monoisotopic (exact) mass is 221 g/mol. The Morgan fingerprint density at radius 2 is 2.12 bits per heavy atom. The maximum atomic E-state index is 11.8. The highest BCUT2D eigenvalue weighted by molar-refractivity contribution is 5.98. The molecular weight excluding hydrogens is 206 g/mol. The molecule has 0 fully saturated rings. The number of ether oxygens (including phenoxy) is 2. The van der Waals surface area contributed by atoms with Crippen molar-refractivity contribution in [3.8, 4) is 11.5 Å². The lowest BCUT2D eigenvalue weighted by molar-refractivity contribution is 0.0983. The second-order valence-corrected chi connectivity index (χ2v) is 3.72. The van der Waals surface area contributed by atoms with Gasteiger partial charge in [0.15, 0.2) is 17.3 Å². The molecule has 16 heavy (non-hydrogen) atoms. The molecule has 0 atom stereocenters. The van der Waals surface area contributed by atoms with E-state index in [9.17, 15) is 4.79 Å². The number of fused-ring (bicyclic) bond motifs is 1. The van der Waals surface area contributed by atoms with Crippen molar-refractivity contribution >= 4 is 5.78 Å². The summed E-state index contributed by atoms with van der Waals surface area (Å²) in [6.45, 7) is 3.33. The minimum atomic E-state index is 0.0528. The Hall–Kier alpha value is -1.55. The van der Waals surface area contributed by atoms with E-state index in [0.29, 0.717) is 43.2 Å². The van der Waals surface area contributed by atoms with Crippen LogP contribution in [0.4, 0.5) is 0 Å². The number of Topliss-reactive ketones (excluding diaryl/α,β-unsaturated/α-hetero) is 1. The number of hydrogen-bond donors (Lipinski definition) is 1. The van der Waals surface area contributed by atoms with Gasteiger partial charge < -0.3 is 15.2 Å². The summed E-state index contributed by atoms with van der Waals surface area (Å²) in [6, 6.07) is 3.56. The van der Waals surface area contributed by atoms with Crippen molar-refractivity contribution in [3.63, 3.8) is 0 Å².